The van der Waals surface area contributed by atoms with E-state index in [2.05, 4.69) is 44.4 Å². The average molecular weight is 678 g/mol. The molecule has 2 saturated heterocycles. The van der Waals surface area contributed by atoms with Gasteiger partial charge in [-0.25, -0.2) is 14.8 Å². The van der Waals surface area contributed by atoms with Crippen LogP contribution in [0.3, 0.4) is 0 Å². The number of nitrogens with zero attached hydrogens (tertiary/aromatic N) is 6. The van der Waals surface area contributed by atoms with Crippen molar-refractivity contribution in [2.75, 3.05) is 38.6 Å². The third-order valence-electron chi connectivity index (χ3n) is 7.95. The maximum atomic E-state index is 13.3. The van der Waals surface area contributed by atoms with Crippen LogP contribution in [-0.2, 0) is 14.3 Å². The third-order valence-corrected chi connectivity index (χ3v) is 9.15. The lowest BCUT2D eigenvalue weighted by atomic mass is 9.94. The molecular formula is C31H42BrClN6O4. The first kappa shape index (κ1) is 31.8. The summed E-state index contributed by atoms with van der Waals surface area (Å²) in [5.74, 6) is 0.508. The largest absolute Gasteiger partial charge is 0.460 e. The number of fused-ring (bicyclic) bond motifs is 3. The SMILES string of the molecule is CN(C)C1CN(c2nc3cc(Br)c(Cl)cc3c3c2ncn3[C@H]2CCN(C(=O)OC(C)(C)C)[C@H](CC(=O)OC(C)(C)C)C2)C1. The zero-order valence-corrected chi connectivity index (χ0v) is 28.6. The van der Waals surface area contributed by atoms with Gasteiger partial charge in [-0.1, -0.05) is 11.6 Å². The van der Waals surface area contributed by atoms with Gasteiger partial charge in [-0.05, 0) is 96.5 Å². The molecule has 4 heterocycles. The number of anilines is 1. The van der Waals surface area contributed by atoms with Crippen LogP contribution in [0.2, 0.25) is 5.02 Å². The first-order chi connectivity index (χ1) is 20.0. The van der Waals surface area contributed by atoms with Crippen LogP contribution in [0.1, 0.15) is 66.8 Å². The number of carbonyl (C=O) groups excluding carboxylic acids is 2. The molecule has 2 atom stereocenters. The Hall–Kier alpha value is -2.63. The van der Waals surface area contributed by atoms with Crippen LogP contribution >= 0.6 is 27.5 Å². The fourth-order valence-electron chi connectivity index (χ4n) is 5.84. The Morgan fingerprint density at radius 2 is 1.77 bits per heavy atom. The lowest BCUT2D eigenvalue weighted by Gasteiger charge is -2.43. The number of imidazole rings is 1. The van der Waals surface area contributed by atoms with E-state index in [0.717, 1.165) is 45.3 Å². The number of likely N-dealkylation sites (tertiary alicyclic amines) is 1. The number of esters is 1. The smallest absolute Gasteiger partial charge is 0.410 e. The van der Waals surface area contributed by atoms with Crippen LogP contribution < -0.4 is 4.90 Å². The fraction of sp³-hybridized carbons (Fsp3) is 0.613. The molecule has 0 radical (unpaired) electrons. The van der Waals surface area contributed by atoms with Crippen molar-refractivity contribution < 1.29 is 19.1 Å². The van der Waals surface area contributed by atoms with Crippen molar-refractivity contribution in [2.45, 2.75) is 90.1 Å². The van der Waals surface area contributed by atoms with Crippen LogP contribution in [0.5, 0.6) is 0 Å². The maximum absolute atomic E-state index is 13.3. The van der Waals surface area contributed by atoms with Crippen molar-refractivity contribution in [3.05, 3.63) is 28.0 Å². The van der Waals surface area contributed by atoms with Gasteiger partial charge >= 0.3 is 12.1 Å². The van der Waals surface area contributed by atoms with Gasteiger partial charge in [0.05, 0.1) is 28.8 Å². The van der Waals surface area contributed by atoms with Crippen molar-refractivity contribution in [1.29, 1.82) is 0 Å². The standard InChI is InChI=1S/C31H42BrClN6O4/c1-30(2,3)42-25(40)12-19-11-18(9-10-38(19)29(41)43-31(4,5)6)39-17-34-26-27(39)21-13-23(33)22(32)14-24(21)35-28(26)37-15-20(16-37)36(7)8/h13-14,17-20H,9-12,15-16H2,1-8H3/t18-,19-/m0/s1. The van der Waals surface area contributed by atoms with Crippen LogP contribution in [0.25, 0.3) is 21.9 Å². The van der Waals surface area contributed by atoms with E-state index in [1.807, 2.05) is 60.0 Å². The summed E-state index contributed by atoms with van der Waals surface area (Å²) in [7, 11) is 4.19. The Morgan fingerprint density at radius 3 is 2.40 bits per heavy atom. The van der Waals surface area contributed by atoms with Crippen molar-refractivity contribution >= 4 is 67.3 Å². The number of amides is 1. The second kappa shape index (κ2) is 11.7. The number of hydrogen-bond donors (Lipinski definition) is 0. The fourth-order valence-corrected chi connectivity index (χ4v) is 6.34. The van der Waals surface area contributed by atoms with E-state index in [9.17, 15) is 9.59 Å². The highest BCUT2D eigenvalue weighted by molar-refractivity contribution is 9.10. The topological polar surface area (TPSA) is 93.0 Å². The highest BCUT2D eigenvalue weighted by Crippen LogP contribution is 2.40. The summed E-state index contributed by atoms with van der Waals surface area (Å²) in [6.45, 7) is 13.2. The molecule has 0 aliphatic carbocycles. The summed E-state index contributed by atoms with van der Waals surface area (Å²) >= 11 is 10.2. The molecule has 2 fully saturated rings. The molecule has 2 aromatic heterocycles. The Balaban J connectivity index is 1.53. The lowest BCUT2D eigenvalue weighted by Crippen LogP contribution is -2.57. The summed E-state index contributed by atoms with van der Waals surface area (Å²) < 4.78 is 14.4. The first-order valence-corrected chi connectivity index (χ1v) is 16.0. The zero-order chi connectivity index (χ0) is 31.4. The number of halogens is 2. The minimum absolute atomic E-state index is 0.0251. The molecule has 2 aliphatic heterocycles. The molecule has 0 spiro atoms. The van der Waals surface area contributed by atoms with Crippen LogP contribution in [-0.4, -0.2) is 93.4 Å². The quantitative estimate of drug-likeness (QED) is 0.286. The monoisotopic (exact) mass is 676 g/mol. The van der Waals surface area contributed by atoms with Crippen molar-refractivity contribution in [1.82, 2.24) is 24.3 Å². The van der Waals surface area contributed by atoms with E-state index < -0.39 is 23.3 Å². The number of hydrogen-bond acceptors (Lipinski definition) is 8. The second-order valence-corrected chi connectivity index (χ2v) is 15.1. The van der Waals surface area contributed by atoms with Gasteiger partial charge < -0.3 is 28.7 Å². The van der Waals surface area contributed by atoms with Crippen LogP contribution in [0, 0.1) is 0 Å². The van der Waals surface area contributed by atoms with E-state index in [0.29, 0.717) is 30.5 Å². The highest BCUT2D eigenvalue weighted by atomic mass is 79.9. The lowest BCUT2D eigenvalue weighted by molar-refractivity contribution is -0.156. The number of likely N-dealkylation sites (N-methyl/N-ethyl adjacent to an activating group) is 1. The highest BCUT2D eigenvalue weighted by Gasteiger charge is 2.38. The molecule has 0 unspecified atom stereocenters. The van der Waals surface area contributed by atoms with Crippen molar-refractivity contribution in [3.8, 4) is 0 Å². The Bertz CT molecular complexity index is 1540. The summed E-state index contributed by atoms with van der Waals surface area (Å²) in [5.41, 5.74) is 1.32. The Labute approximate surface area is 266 Å². The van der Waals surface area contributed by atoms with Crippen LogP contribution in [0.4, 0.5) is 10.6 Å². The third kappa shape index (κ3) is 6.88. The summed E-state index contributed by atoms with van der Waals surface area (Å²) in [6, 6.07) is 3.92. The minimum atomic E-state index is -0.650. The number of carbonyl (C=O) groups is 2. The predicted molar refractivity (Wildman–Crippen MR) is 173 cm³/mol. The first-order valence-electron chi connectivity index (χ1n) is 14.8. The van der Waals surface area contributed by atoms with Gasteiger partial charge in [0, 0.05) is 47.6 Å². The number of benzene rings is 1. The van der Waals surface area contributed by atoms with Crippen molar-refractivity contribution in [2.24, 2.45) is 0 Å². The zero-order valence-electron chi connectivity index (χ0n) is 26.3. The number of piperidine rings is 1. The molecule has 1 amide bonds. The van der Waals surface area contributed by atoms with Gasteiger partial charge in [-0.15, -0.1) is 0 Å². The Morgan fingerprint density at radius 1 is 1.09 bits per heavy atom. The van der Waals surface area contributed by atoms with Crippen molar-refractivity contribution in [3.63, 3.8) is 0 Å². The molecule has 3 aromatic rings. The molecule has 1 aromatic carbocycles. The average Bonchev–Trinajstić information content (AvgIpc) is 3.27. The Kier molecular flexibility index (Phi) is 8.65. The maximum Gasteiger partial charge on any atom is 0.410 e. The van der Waals surface area contributed by atoms with E-state index in [-0.39, 0.29) is 18.4 Å². The molecule has 10 nitrogen and oxygen atoms in total. The number of ether oxygens (including phenoxy) is 2. The second-order valence-electron chi connectivity index (χ2n) is 13.9. The van der Waals surface area contributed by atoms with Gasteiger partial charge in [0.1, 0.15) is 16.7 Å². The summed E-state index contributed by atoms with van der Waals surface area (Å²) in [5, 5.41) is 1.50. The molecule has 0 saturated carbocycles. The molecule has 234 valence electrons. The van der Waals surface area contributed by atoms with Gasteiger partial charge in [-0.3, -0.25) is 4.79 Å². The normalized spacial score (nSPS) is 20.2. The van der Waals surface area contributed by atoms with Gasteiger partial charge in [-0.2, -0.15) is 0 Å². The molecule has 0 N–H and O–H groups in total. The molecule has 2 aliphatic rings. The molecule has 0 bridgehead atoms. The van der Waals surface area contributed by atoms with Gasteiger partial charge in [0.2, 0.25) is 0 Å². The number of pyridine rings is 1. The molecule has 12 heteroatoms. The molecular weight excluding hydrogens is 636 g/mol. The summed E-state index contributed by atoms with van der Waals surface area (Å²) in [6.07, 6.45) is 2.74. The predicted octanol–water partition coefficient (Wildman–Crippen LogP) is 6.42. The van der Waals surface area contributed by atoms with E-state index in [4.69, 9.17) is 31.0 Å². The molecule has 5 rings (SSSR count). The molecule has 43 heavy (non-hydrogen) atoms. The van der Waals surface area contributed by atoms with E-state index >= 15 is 0 Å². The minimum Gasteiger partial charge on any atom is -0.460 e. The number of aromatic nitrogens is 3. The van der Waals surface area contributed by atoms with Gasteiger partial charge in [0.25, 0.3) is 0 Å². The van der Waals surface area contributed by atoms with E-state index in [1.165, 1.54) is 0 Å². The van der Waals surface area contributed by atoms with Crippen LogP contribution in [0.15, 0.2) is 22.9 Å². The summed E-state index contributed by atoms with van der Waals surface area (Å²) in [4.78, 5) is 42.4. The number of rotatable bonds is 5. The van der Waals surface area contributed by atoms with E-state index in [1.54, 1.807) is 4.90 Å². The van der Waals surface area contributed by atoms with Gasteiger partial charge in [0.15, 0.2) is 5.82 Å².